The van der Waals surface area contributed by atoms with Crippen molar-refractivity contribution in [2.75, 3.05) is 0 Å². The summed E-state index contributed by atoms with van der Waals surface area (Å²) in [6, 6.07) is 6.47. The number of hydrazine groups is 1. The minimum atomic E-state index is -0.470. The molecule has 1 aromatic carbocycles. The van der Waals surface area contributed by atoms with Gasteiger partial charge in [-0.3, -0.25) is 15.2 Å². The van der Waals surface area contributed by atoms with Crippen LogP contribution in [-0.2, 0) is 23.8 Å². The molecular formula is C12H9FKN3OS2. The van der Waals surface area contributed by atoms with Crippen molar-refractivity contribution in [2.45, 2.75) is 6.42 Å². The van der Waals surface area contributed by atoms with Crippen LogP contribution in [0.1, 0.15) is 5.56 Å². The Morgan fingerprint density at radius 2 is 2.15 bits per heavy atom. The van der Waals surface area contributed by atoms with E-state index in [1.807, 2.05) is 0 Å². The maximum Gasteiger partial charge on any atom is 1.00 e. The Morgan fingerprint density at radius 1 is 1.40 bits per heavy atom. The second kappa shape index (κ2) is 8.28. The third-order valence-corrected chi connectivity index (χ3v) is 2.63. The van der Waals surface area contributed by atoms with Crippen molar-refractivity contribution in [1.82, 2.24) is 15.8 Å². The van der Waals surface area contributed by atoms with E-state index in [4.69, 9.17) is 0 Å². The van der Waals surface area contributed by atoms with Crippen LogP contribution >= 0.6 is 12.2 Å². The molecule has 0 radical (unpaired) electrons. The fraction of sp³-hybridized carbons (Fsp3) is 0.0833. The van der Waals surface area contributed by atoms with E-state index in [2.05, 4.69) is 40.7 Å². The molecule has 4 nitrogen and oxygen atoms in total. The molecule has 2 rings (SSSR count). The molecule has 20 heavy (non-hydrogen) atoms. The molecule has 1 amide bonds. The summed E-state index contributed by atoms with van der Waals surface area (Å²) < 4.78 is 13.8. The monoisotopic (exact) mass is 333 g/mol. The van der Waals surface area contributed by atoms with Crippen molar-refractivity contribution in [3.8, 4) is 0 Å². The first-order valence-corrected chi connectivity index (χ1v) is 6.17. The van der Waals surface area contributed by atoms with Crippen molar-refractivity contribution in [1.29, 1.82) is 0 Å². The molecule has 2 aromatic rings. The molecule has 0 saturated heterocycles. The molecule has 1 heterocycles. The molecule has 0 aliphatic carbocycles. The smallest absolute Gasteiger partial charge is 0.410 e. The van der Waals surface area contributed by atoms with E-state index in [9.17, 15) is 9.18 Å². The summed E-state index contributed by atoms with van der Waals surface area (Å²) in [5.74, 6) is -0.892. The number of fused-ring (bicyclic) bond motifs is 1. The third kappa shape index (κ3) is 4.95. The van der Waals surface area contributed by atoms with Crippen molar-refractivity contribution in [2.24, 2.45) is 0 Å². The first-order chi connectivity index (χ1) is 9.06. The van der Waals surface area contributed by atoms with Gasteiger partial charge in [-0.1, -0.05) is 6.07 Å². The van der Waals surface area contributed by atoms with E-state index >= 15 is 0 Å². The number of nitrogens with zero attached hydrogens (tertiary/aromatic N) is 1. The van der Waals surface area contributed by atoms with Crippen molar-refractivity contribution >= 4 is 46.0 Å². The number of carbonyl (C=O) groups excluding carboxylic acids is 1. The van der Waals surface area contributed by atoms with Crippen LogP contribution in [0.2, 0.25) is 0 Å². The van der Waals surface area contributed by atoms with Crippen LogP contribution in [0.3, 0.4) is 0 Å². The first-order valence-electron chi connectivity index (χ1n) is 5.35. The molecule has 2 N–H and O–H groups in total. The molecule has 0 aliphatic heterocycles. The van der Waals surface area contributed by atoms with Crippen LogP contribution in [0.4, 0.5) is 4.39 Å². The van der Waals surface area contributed by atoms with Crippen LogP contribution in [0.5, 0.6) is 0 Å². The van der Waals surface area contributed by atoms with Gasteiger partial charge >= 0.3 is 51.4 Å². The SMILES string of the molecule is O=C(Cc1cc2cccnc2cc1F)NNC(=S)[S-].[K+]. The van der Waals surface area contributed by atoms with Gasteiger partial charge in [0.25, 0.3) is 0 Å². The number of nitrogens with one attached hydrogen (secondary N) is 2. The summed E-state index contributed by atoms with van der Waals surface area (Å²) in [5, 5.41) is 0.776. The minimum Gasteiger partial charge on any atom is -0.410 e. The number of hydrogen-bond acceptors (Lipinski definition) is 4. The summed E-state index contributed by atoms with van der Waals surface area (Å²) in [4.78, 5) is 15.6. The number of amides is 1. The molecule has 0 unspecified atom stereocenters. The number of rotatable bonds is 2. The number of halogens is 1. The molecule has 8 heteroatoms. The molecule has 0 atom stereocenters. The largest absolute Gasteiger partial charge is 1.00 e. The van der Waals surface area contributed by atoms with Gasteiger partial charge in [0.1, 0.15) is 5.82 Å². The quantitative estimate of drug-likeness (QED) is 0.299. The van der Waals surface area contributed by atoms with Gasteiger partial charge in [0, 0.05) is 17.6 Å². The van der Waals surface area contributed by atoms with Crippen molar-refractivity contribution in [3.63, 3.8) is 0 Å². The molecule has 98 valence electrons. The number of hydrogen-bond donors (Lipinski definition) is 2. The topological polar surface area (TPSA) is 54.0 Å². The Labute approximate surface area is 168 Å². The Balaban J connectivity index is 0.00000200. The zero-order chi connectivity index (χ0) is 13.8. The fourth-order valence-corrected chi connectivity index (χ4v) is 1.72. The zero-order valence-corrected chi connectivity index (χ0v) is 15.4. The number of pyridine rings is 1. The third-order valence-electron chi connectivity index (χ3n) is 2.43. The van der Waals surface area contributed by atoms with Crippen LogP contribution in [0.15, 0.2) is 30.5 Å². The predicted octanol–water partition coefficient (Wildman–Crippen LogP) is -1.63. The average Bonchev–Trinajstić information content (AvgIpc) is 2.37. The number of carbonyl (C=O) groups is 1. The molecule has 0 fully saturated rings. The van der Waals surface area contributed by atoms with Crippen LogP contribution in [-0.4, -0.2) is 15.2 Å². The first kappa shape index (κ1) is 17.8. The molecule has 1 aromatic heterocycles. The number of thiocarbonyl (C=S) groups is 1. The average molecular weight is 333 g/mol. The maximum absolute atomic E-state index is 13.8. The van der Waals surface area contributed by atoms with Gasteiger partial charge in [-0.15, -0.1) is 0 Å². The minimum absolute atomic E-state index is 0. The van der Waals surface area contributed by atoms with Crippen LogP contribution in [0, 0.1) is 5.82 Å². The normalized spacial score (nSPS) is 9.65. The van der Waals surface area contributed by atoms with Crippen molar-refractivity contribution in [3.05, 3.63) is 41.8 Å². The summed E-state index contributed by atoms with van der Waals surface area (Å²) in [7, 11) is 0. The molecule has 0 saturated carbocycles. The van der Waals surface area contributed by atoms with Gasteiger partial charge in [-0.2, -0.15) is 0 Å². The molecular weight excluding hydrogens is 324 g/mol. The van der Waals surface area contributed by atoms with E-state index in [0.29, 0.717) is 5.52 Å². The van der Waals surface area contributed by atoms with Gasteiger partial charge in [-0.05, 0) is 22.0 Å². The summed E-state index contributed by atoms with van der Waals surface area (Å²) in [6.45, 7) is 0. The molecule has 0 spiro atoms. The molecule has 0 aliphatic rings. The van der Waals surface area contributed by atoms with Gasteiger partial charge < -0.3 is 30.3 Å². The van der Waals surface area contributed by atoms with Gasteiger partial charge in [0.05, 0.1) is 11.9 Å². The van der Waals surface area contributed by atoms with Crippen LogP contribution in [0.25, 0.3) is 10.9 Å². The number of aromatic nitrogens is 1. The zero-order valence-electron chi connectivity index (χ0n) is 10.6. The maximum atomic E-state index is 13.8. The van der Waals surface area contributed by atoms with Crippen LogP contribution < -0.4 is 62.2 Å². The van der Waals surface area contributed by atoms with Gasteiger partial charge in [0.15, 0.2) is 0 Å². The van der Waals surface area contributed by atoms with Crippen molar-refractivity contribution < 1.29 is 60.6 Å². The summed E-state index contributed by atoms with van der Waals surface area (Å²) in [5.41, 5.74) is 5.46. The Hall–Kier alpha value is -0.224. The van der Waals surface area contributed by atoms with Gasteiger partial charge in [0.2, 0.25) is 5.91 Å². The standard InChI is InChI=1S/C12H10FN3OS2.K/c13-9-6-10-7(2-1-3-14-10)4-8(9)5-11(17)15-16-12(18)19;/h1-4,6H,5H2,(H,15,17)(H2,16,18,19);/q;+1/p-1. The second-order valence-corrected chi connectivity index (χ2v) is 4.85. The van der Waals surface area contributed by atoms with E-state index < -0.39 is 11.7 Å². The van der Waals surface area contributed by atoms with E-state index in [1.54, 1.807) is 24.4 Å². The van der Waals surface area contributed by atoms with E-state index in [-0.39, 0.29) is 67.7 Å². The number of benzene rings is 1. The summed E-state index contributed by atoms with van der Waals surface area (Å²) in [6.07, 6.45) is 1.48. The Bertz CT molecular complexity index is 654. The predicted molar refractivity (Wildman–Crippen MR) is 76.6 cm³/mol. The van der Waals surface area contributed by atoms with E-state index in [1.165, 1.54) is 6.07 Å². The summed E-state index contributed by atoms with van der Waals surface area (Å²) >= 11 is 9.15. The van der Waals surface area contributed by atoms with Gasteiger partial charge in [-0.25, -0.2) is 4.39 Å². The Kier molecular flexibility index (Phi) is 7.38. The second-order valence-electron chi connectivity index (χ2n) is 3.78. The Morgan fingerprint density at radius 3 is 2.85 bits per heavy atom. The molecule has 0 bridgehead atoms. The van der Waals surface area contributed by atoms with E-state index in [0.717, 1.165) is 5.39 Å². The fourth-order valence-electron chi connectivity index (χ4n) is 1.62.